The van der Waals surface area contributed by atoms with Crippen LogP contribution in [0.4, 0.5) is 9.52 Å². The van der Waals surface area contributed by atoms with Gasteiger partial charge in [0.1, 0.15) is 11.3 Å². The lowest BCUT2D eigenvalue weighted by Crippen LogP contribution is -2.27. The fraction of sp³-hybridized carbons (Fsp3) is 0.235. The summed E-state index contributed by atoms with van der Waals surface area (Å²) in [5.74, 6) is -0.215. The van der Waals surface area contributed by atoms with Crippen LogP contribution in [-0.4, -0.2) is 11.5 Å². The van der Waals surface area contributed by atoms with Crippen molar-refractivity contribution in [3.8, 4) is 0 Å². The Hall–Kier alpha value is -1.65. The van der Waals surface area contributed by atoms with Gasteiger partial charge in [-0.3, -0.25) is 0 Å². The Morgan fingerprint density at radius 2 is 1.91 bits per heavy atom. The molecule has 0 aliphatic carbocycles. The molecular formula is C17H16ClFN2S. The first kappa shape index (κ1) is 15.3. The van der Waals surface area contributed by atoms with E-state index < -0.39 is 0 Å². The van der Waals surface area contributed by atoms with Crippen LogP contribution < -0.4 is 5.32 Å². The fourth-order valence-electron chi connectivity index (χ4n) is 2.29. The largest absolute Gasteiger partial charge is 0.361 e. The SMILES string of the molecule is CC(C)(CNc1nc2c(Cl)cccc2s1)c1ccc(F)cc1. The summed E-state index contributed by atoms with van der Waals surface area (Å²) < 4.78 is 14.1. The van der Waals surface area contributed by atoms with Crippen molar-refractivity contribution >= 4 is 38.3 Å². The second-order valence-corrected chi connectivity index (χ2v) is 7.29. The Kier molecular flexibility index (Phi) is 4.06. The summed E-state index contributed by atoms with van der Waals surface area (Å²) in [6.07, 6.45) is 0. The number of benzene rings is 2. The van der Waals surface area contributed by atoms with E-state index in [0.29, 0.717) is 11.6 Å². The van der Waals surface area contributed by atoms with Crippen LogP contribution in [0.1, 0.15) is 19.4 Å². The third-order valence-corrected chi connectivity index (χ3v) is 4.96. The number of hydrogen-bond donors (Lipinski definition) is 1. The molecule has 0 aliphatic heterocycles. The molecule has 0 saturated heterocycles. The van der Waals surface area contributed by atoms with E-state index in [4.69, 9.17) is 11.6 Å². The molecule has 0 spiro atoms. The Bertz CT molecular complexity index is 796. The van der Waals surface area contributed by atoms with Gasteiger partial charge in [0, 0.05) is 12.0 Å². The maximum absolute atomic E-state index is 13.0. The van der Waals surface area contributed by atoms with Gasteiger partial charge in [0.15, 0.2) is 5.13 Å². The summed E-state index contributed by atoms with van der Waals surface area (Å²) in [7, 11) is 0. The fourth-order valence-corrected chi connectivity index (χ4v) is 3.45. The van der Waals surface area contributed by atoms with Gasteiger partial charge >= 0.3 is 0 Å². The van der Waals surface area contributed by atoms with Gasteiger partial charge in [-0.1, -0.05) is 55.0 Å². The predicted octanol–water partition coefficient (Wildman–Crippen LogP) is 5.48. The van der Waals surface area contributed by atoms with Crippen molar-refractivity contribution in [1.82, 2.24) is 4.98 Å². The zero-order chi connectivity index (χ0) is 15.7. The van der Waals surface area contributed by atoms with Crippen LogP contribution >= 0.6 is 22.9 Å². The van der Waals surface area contributed by atoms with Crippen LogP contribution in [0.25, 0.3) is 10.2 Å². The molecule has 1 aromatic heterocycles. The highest BCUT2D eigenvalue weighted by Gasteiger charge is 2.21. The highest BCUT2D eigenvalue weighted by atomic mass is 35.5. The minimum atomic E-state index is -0.215. The molecule has 0 atom stereocenters. The van der Waals surface area contributed by atoms with Crippen LogP contribution in [0.5, 0.6) is 0 Å². The molecule has 22 heavy (non-hydrogen) atoms. The highest BCUT2D eigenvalue weighted by molar-refractivity contribution is 7.22. The molecule has 3 aromatic rings. The Morgan fingerprint density at radius 1 is 1.18 bits per heavy atom. The van der Waals surface area contributed by atoms with E-state index in [2.05, 4.69) is 24.1 Å². The molecule has 1 heterocycles. The van der Waals surface area contributed by atoms with Crippen LogP contribution in [-0.2, 0) is 5.41 Å². The average molecular weight is 335 g/mol. The molecule has 1 N–H and O–H groups in total. The van der Waals surface area contributed by atoms with Crippen molar-refractivity contribution in [1.29, 1.82) is 0 Å². The molecule has 114 valence electrons. The van der Waals surface area contributed by atoms with Crippen molar-refractivity contribution < 1.29 is 4.39 Å². The van der Waals surface area contributed by atoms with E-state index in [1.807, 2.05) is 30.3 Å². The first-order chi connectivity index (χ1) is 10.5. The van der Waals surface area contributed by atoms with E-state index in [0.717, 1.165) is 20.9 Å². The van der Waals surface area contributed by atoms with Gasteiger partial charge in [0.25, 0.3) is 0 Å². The Labute approximate surface area is 138 Å². The third kappa shape index (κ3) is 3.08. The average Bonchev–Trinajstić information content (AvgIpc) is 2.90. The first-order valence-electron chi connectivity index (χ1n) is 7.01. The Morgan fingerprint density at radius 3 is 2.59 bits per heavy atom. The van der Waals surface area contributed by atoms with Gasteiger partial charge in [0.05, 0.1) is 9.72 Å². The van der Waals surface area contributed by atoms with Crippen molar-refractivity contribution in [3.63, 3.8) is 0 Å². The first-order valence-corrected chi connectivity index (χ1v) is 8.20. The monoisotopic (exact) mass is 334 g/mol. The van der Waals surface area contributed by atoms with Gasteiger partial charge in [-0.2, -0.15) is 0 Å². The summed E-state index contributed by atoms with van der Waals surface area (Å²) in [6.45, 7) is 4.94. The highest BCUT2D eigenvalue weighted by Crippen LogP contribution is 2.31. The second-order valence-electron chi connectivity index (χ2n) is 5.85. The number of hydrogen-bond acceptors (Lipinski definition) is 3. The van der Waals surface area contributed by atoms with Gasteiger partial charge in [-0.15, -0.1) is 0 Å². The van der Waals surface area contributed by atoms with Crippen molar-refractivity contribution in [2.75, 3.05) is 11.9 Å². The molecule has 0 saturated carbocycles. The number of nitrogens with one attached hydrogen (secondary N) is 1. The zero-order valence-electron chi connectivity index (χ0n) is 12.4. The van der Waals surface area contributed by atoms with Crippen LogP contribution in [0, 0.1) is 5.82 Å². The number of rotatable bonds is 4. The molecule has 0 radical (unpaired) electrons. The molecule has 5 heteroatoms. The molecule has 0 aliphatic rings. The van der Waals surface area contributed by atoms with Crippen molar-refractivity contribution in [2.24, 2.45) is 0 Å². The summed E-state index contributed by atoms with van der Waals surface area (Å²) in [5.41, 5.74) is 1.78. The second kappa shape index (κ2) is 5.86. The summed E-state index contributed by atoms with van der Waals surface area (Å²) >= 11 is 7.74. The topological polar surface area (TPSA) is 24.9 Å². The molecule has 0 unspecified atom stereocenters. The third-order valence-electron chi connectivity index (χ3n) is 3.68. The zero-order valence-corrected chi connectivity index (χ0v) is 13.9. The van der Waals surface area contributed by atoms with E-state index in [-0.39, 0.29) is 11.2 Å². The number of anilines is 1. The molecule has 3 rings (SSSR count). The quantitative estimate of drug-likeness (QED) is 0.683. The smallest absolute Gasteiger partial charge is 0.183 e. The number of fused-ring (bicyclic) bond motifs is 1. The molecule has 0 amide bonds. The van der Waals surface area contributed by atoms with Crippen LogP contribution in [0.3, 0.4) is 0 Å². The minimum Gasteiger partial charge on any atom is -0.361 e. The van der Waals surface area contributed by atoms with Crippen molar-refractivity contribution in [3.05, 3.63) is 58.9 Å². The van der Waals surface area contributed by atoms with E-state index in [1.54, 1.807) is 11.3 Å². The lowest BCUT2D eigenvalue weighted by Gasteiger charge is -2.25. The maximum atomic E-state index is 13.0. The maximum Gasteiger partial charge on any atom is 0.183 e. The normalized spacial score (nSPS) is 11.8. The molecule has 0 bridgehead atoms. The molecule has 2 aromatic carbocycles. The van der Waals surface area contributed by atoms with Crippen LogP contribution in [0.15, 0.2) is 42.5 Å². The van der Waals surface area contributed by atoms with Crippen molar-refractivity contribution in [2.45, 2.75) is 19.3 Å². The summed E-state index contributed by atoms with van der Waals surface area (Å²) in [4.78, 5) is 4.54. The number of para-hydroxylation sites is 1. The number of halogens is 2. The van der Waals surface area contributed by atoms with Gasteiger partial charge in [-0.05, 0) is 29.8 Å². The van der Waals surface area contributed by atoms with E-state index >= 15 is 0 Å². The number of thiazole rings is 1. The predicted molar refractivity (Wildman–Crippen MR) is 92.5 cm³/mol. The summed E-state index contributed by atoms with van der Waals surface area (Å²) in [5, 5.41) is 4.88. The minimum absolute atomic E-state index is 0.130. The van der Waals surface area contributed by atoms with Crippen LogP contribution in [0.2, 0.25) is 5.02 Å². The molecule has 0 fully saturated rings. The van der Waals surface area contributed by atoms with Gasteiger partial charge in [-0.25, -0.2) is 9.37 Å². The number of aromatic nitrogens is 1. The Balaban J connectivity index is 1.77. The van der Waals surface area contributed by atoms with E-state index in [9.17, 15) is 4.39 Å². The standard InChI is InChI=1S/C17H16ClFN2S/c1-17(2,11-6-8-12(19)9-7-11)10-20-16-21-15-13(18)4-3-5-14(15)22-16/h3-9H,10H2,1-2H3,(H,20,21). The van der Waals surface area contributed by atoms with E-state index in [1.165, 1.54) is 12.1 Å². The molecular weight excluding hydrogens is 319 g/mol. The lowest BCUT2D eigenvalue weighted by molar-refractivity contribution is 0.553. The number of nitrogens with zero attached hydrogens (tertiary/aromatic N) is 1. The summed E-state index contributed by atoms with van der Waals surface area (Å²) in [6, 6.07) is 12.4. The lowest BCUT2D eigenvalue weighted by atomic mass is 9.85. The molecule has 2 nitrogen and oxygen atoms in total. The van der Waals surface area contributed by atoms with Gasteiger partial charge in [0.2, 0.25) is 0 Å². The van der Waals surface area contributed by atoms with Gasteiger partial charge < -0.3 is 5.32 Å².